The molecule has 4 aliphatic rings. The molecular formula is C43H74N6O16. The van der Waals surface area contributed by atoms with Crippen LogP contribution in [0.5, 0.6) is 0 Å². The summed E-state index contributed by atoms with van der Waals surface area (Å²) in [6.45, 7) is 19.8. The van der Waals surface area contributed by atoms with Crippen molar-refractivity contribution in [1.29, 1.82) is 0 Å². The number of likely N-dealkylation sites (tertiary alicyclic amines) is 1. The van der Waals surface area contributed by atoms with Crippen LogP contribution in [0, 0.1) is 5.92 Å². The lowest BCUT2D eigenvalue weighted by molar-refractivity contribution is -0.306. The molecule has 0 aromatic rings. The molecule has 3 fully saturated rings. The van der Waals surface area contributed by atoms with Crippen molar-refractivity contribution in [1.82, 2.24) is 25.8 Å². The summed E-state index contributed by atoms with van der Waals surface area (Å²) in [5.74, 6) is -1.90. The lowest BCUT2D eigenvalue weighted by Crippen LogP contribution is -2.74. The van der Waals surface area contributed by atoms with Crippen molar-refractivity contribution in [3.8, 4) is 0 Å². The number of alkyl carbamates (subject to hydrolysis) is 2. The molecule has 22 nitrogen and oxygen atoms in total. The Kier molecular flexibility index (Phi) is 16.1. The zero-order valence-corrected chi connectivity index (χ0v) is 40.3. The molecule has 65 heavy (non-hydrogen) atoms. The zero-order chi connectivity index (χ0) is 49.4. The molecular weight excluding hydrogens is 856 g/mol. The van der Waals surface area contributed by atoms with Gasteiger partial charge in [0.2, 0.25) is 0 Å². The normalized spacial score (nSPS) is 31.7. The number of carbonyl (C=O) groups is 5. The first kappa shape index (κ1) is 53.4. The standard InChI is InChI=1S/C43H74N6O16/c1-38(2,3)62-34(53)46-23-16-15-22(18-44)60-29(23)26-24(47-35(54)63-39(4,5)6)17-25(45-33(52)43(58)19-49(20-43)37(56)65-41(10,11)12)30(27(26)50)61-32-28(51)31(42(13,57)21-59-32)48(14)36(55)64-40(7,8)9/h15,23-32,50-51,57-58H,16-21,44H2,1-14H3,(H,45,52)(H,46,53)(H,47,54)/t23-,24+,25-,26?,27+,28-,29+,30+,31-,32-,42+/m1/s1. The highest BCUT2D eigenvalue weighted by atomic mass is 16.7. The van der Waals surface area contributed by atoms with Crippen molar-refractivity contribution in [3.05, 3.63) is 11.8 Å². The van der Waals surface area contributed by atoms with E-state index in [1.165, 1.54) is 14.0 Å². The van der Waals surface area contributed by atoms with Gasteiger partial charge in [0.25, 0.3) is 5.91 Å². The molecule has 5 amide bonds. The van der Waals surface area contributed by atoms with E-state index in [1.807, 2.05) is 0 Å². The van der Waals surface area contributed by atoms with Crippen LogP contribution in [-0.2, 0) is 38.0 Å². The maximum absolute atomic E-state index is 14.1. The van der Waals surface area contributed by atoms with E-state index in [2.05, 4.69) is 16.0 Å². The number of carbonyl (C=O) groups excluding carboxylic acids is 5. The molecule has 0 spiro atoms. The number of hydrogen-bond acceptors (Lipinski definition) is 17. The number of nitrogens with zero attached hydrogens (tertiary/aromatic N) is 2. The first-order valence-electron chi connectivity index (χ1n) is 21.9. The van der Waals surface area contributed by atoms with Gasteiger partial charge in [0.1, 0.15) is 52.1 Å². The molecule has 0 radical (unpaired) electrons. The summed E-state index contributed by atoms with van der Waals surface area (Å²) in [7, 11) is 1.32. The Bertz CT molecular complexity index is 1760. The number of nitrogens with two attached hydrogens (primary N) is 1. The predicted octanol–water partition coefficient (Wildman–Crippen LogP) is 1.34. The van der Waals surface area contributed by atoms with Gasteiger partial charge in [0, 0.05) is 19.0 Å². The van der Waals surface area contributed by atoms with Gasteiger partial charge in [-0.2, -0.15) is 0 Å². The maximum Gasteiger partial charge on any atom is 0.410 e. The highest BCUT2D eigenvalue weighted by Gasteiger charge is 2.58. The van der Waals surface area contributed by atoms with Crippen molar-refractivity contribution in [2.45, 2.75) is 191 Å². The number of rotatable bonds is 9. The molecule has 3 heterocycles. The van der Waals surface area contributed by atoms with E-state index in [9.17, 15) is 44.4 Å². The monoisotopic (exact) mass is 931 g/mol. The Hall–Kier alpha value is -4.19. The van der Waals surface area contributed by atoms with E-state index in [0.29, 0.717) is 5.76 Å². The van der Waals surface area contributed by atoms with Crippen LogP contribution >= 0.6 is 0 Å². The van der Waals surface area contributed by atoms with Crippen molar-refractivity contribution >= 4 is 30.3 Å². The summed E-state index contributed by atoms with van der Waals surface area (Å²) >= 11 is 0. The molecule has 4 rings (SSSR count). The summed E-state index contributed by atoms with van der Waals surface area (Å²) in [6.07, 6.45) is -9.84. The molecule has 22 heteroatoms. The van der Waals surface area contributed by atoms with Crippen LogP contribution in [0.4, 0.5) is 19.2 Å². The lowest BCUT2D eigenvalue weighted by atomic mass is 9.72. The molecule has 0 aromatic carbocycles. The molecule has 1 saturated carbocycles. The summed E-state index contributed by atoms with van der Waals surface area (Å²) in [5.41, 5.74) is -1.62. The number of ether oxygens (including phenoxy) is 7. The molecule has 0 aromatic heterocycles. The number of likely N-dealkylation sites (N-methyl/N-ethyl adjacent to an activating group) is 1. The second-order valence-electron chi connectivity index (χ2n) is 21.6. The second-order valence-corrected chi connectivity index (χ2v) is 21.6. The lowest BCUT2D eigenvalue weighted by Gasteiger charge is -2.52. The largest absolute Gasteiger partial charge is 0.491 e. The van der Waals surface area contributed by atoms with Gasteiger partial charge in [-0.25, -0.2) is 19.2 Å². The summed E-state index contributed by atoms with van der Waals surface area (Å²) in [6, 6.07) is -4.78. The fraction of sp³-hybridized carbons (Fsp3) is 0.837. The maximum atomic E-state index is 14.1. The molecule has 3 aliphatic heterocycles. The number of β-amino-alcohol motifs (C(OH)–C–C–N with tert-alkyl or cyclic N) is 1. The molecule has 9 N–H and O–H groups in total. The third-order valence-electron chi connectivity index (χ3n) is 10.8. The van der Waals surface area contributed by atoms with Crippen LogP contribution in [0.2, 0.25) is 0 Å². The van der Waals surface area contributed by atoms with Gasteiger partial charge in [-0.1, -0.05) is 0 Å². The van der Waals surface area contributed by atoms with Crippen LogP contribution in [0.1, 0.15) is 103 Å². The number of aliphatic hydroxyl groups excluding tert-OH is 2. The Morgan fingerprint density at radius 3 is 1.83 bits per heavy atom. The smallest absolute Gasteiger partial charge is 0.410 e. The van der Waals surface area contributed by atoms with Crippen molar-refractivity contribution in [3.63, 3.8) is 0 Å². The van der Waals surface area contributed by atoms with E-state index < -0.39 is 144 Å². The minimum absolute atomic E-state index is 0.0747. The van der Waals surface area contributed by atoms with Crippen LogP contribution in [0.3, 0.4) is 0 Å². The topological polar surface area (TPSA) is 299 Å². The van der Waals surface area contributed by atoms with Crippen LogP contribution < -0.4 is 21.7 Å². The minimum Gasteiger partial charge on any atom is -0.491 e. The van der Waals surface area contributed by atoms with Crippen LogP contribution in [0.25, 0.3) is 0 Å². The van der Waals surface area contributed by atoms with E-state index in [-0.39, 0.29) is 19.4 Å². The van der Waals surface area contributed by atoms with Crippen LogP contribution in [-0.4, -0.2) is 182 Å². The van der Waals surface area contributed by atoms with Crippen molar-refractivity contribution in [2.24, 2.45) is 11.7 Å². The van der Waals surface area contributed by atoms with Gasteiger partial charge in [-0.15, -0.1) is 0 Å². The van der Waals surface area contributed by atoms with Crippen molar-refractivity contribution in [2.75, 3.05) is 33.3 Å². The molecule has 1 unspecified atom stereocenters. The summed E-state index contributed by atoms with van der Waals surface area (Å²) in [4.78, 5) is 69.1. The van der Waals surface area contributed by atoms with Gasteiger partial charge >= 0.3 is 24.4 Å². The first-order chi connectivity index (χ1) is 29.5. The highest BCUT2D eigenvalue weighted by Crippen LogP contribution is 2.39. The minimum atomic E-state index is -2.13. The van der Waals surface area contributed by atoms with Crippen LogP contribution in [0.15, 0.2) is 11.8 Å². The Labute approximate surface area is 381 Å². The Morgan fingerprint density at radius 2 is 1.32 bits per heavy atom. The number of aliphatic hydroxyl groups is 4. The molecule has 0 bridgehead atoms. The van der Waals surface area contributed by atoms with E-state index in [4.69, 9.17) is 38.9 Å². The third-order valence-corrected chi connectivity index (χ3v) is 10.8. The molecule has 1 aliphatic carbocycles. The van der Waals surface area contributed by atoms with Crippen molar-refractivity contribution < 1.29 is 77.6 Å². The number of hydrogen-bond donors (Lipinski definition) is 8. The SMILES string of the molecule is CN(C(=O)OC(C)(C)C)[C@@H]1[C@@H](O)[C@@H](O[C@H]2[C@H](NC(=O)C3(O)CN(C(=O)OC(C)(C)C)C3)C[C@H](NC(=O)OC(C)(C)C)C([C@H]3OC(CN)=CC[C@H]3NC(=O)OC(C)(C)C)[C@@H]2O)OC[C@]1(C)O. The summed E-state index contributed by atoms with van der Waals surface area (Å²) in [5, 5.41) is 55.9. The molecule has 2 saturated heterocycles. The quantitative estimate of drug-likeness (QED) is 0.151. The van der Waals surface area contributed by atoms with Gasteiger partial charge in [-0.05, 0) is 109 Å². The Balaban J connectivity index is 1.79. The first-order valence-corrected chi connectivity index (χ1v) is 21.9. The number of amides is 5. The number of nitrogens with one attached hydrogen (secondary N) is 3. The second kappa shape index (κ2) is 19.6. The molecule has 11 atom stereocenters. The fourth-order valence-electron chi connectivity index (χ4n) is 8.20. The summed E-state index contributed by atoms with van der Waals surface area (Å²) < 4.78 is 40.8. The predicted molar refractivity (Wildman–Crippen MR) is 231 cm³/mol. The molecule has 372 valence electrons. The Morgan fingerprint density at radius 1 is 0.800 bits per heavy atom. The van der Waals surface area contributed by atoms with Gasteiger partial charge in [0.15, 0.2) is 11.9 Å². The average Bonchev–Trinajstić information content (AvgIpc) is 3.09. The van der Waals surface area contributed by atoms with E-state index >= 15 is 0 Å². The average molecular weight is 931 g/mol. The van der Waals surface area contributed by atoms with E-state index in [0.717, 1.165) is 9.80 Å². The fourth-order valence-corrected chi connectivity index (χ4v) is 8.20. The van der Waals surface area contributed by atoms with E-state index in [1.54, 1.807) is 89.2 Å². The third kappa shape index (κ3) is 14.2. The zero-order valence-electron chi connectivity index (χ0n) is 40.3. The van der Waals surface area contributed by atoms with Gasteiger partial charge in [0.05, 0.1) is 50.5 Å². The highest BCUT2D eigenvalue weighted by molar-refractivity contribution is 5.89. The van der Waals surface area contributed by atoms with Gasteiger partial charge < -0.3 is 85.1 Å². The van der Waals surface area contributed by atoms with Gasteiger partial charge in [-0.3, -0.25) is 4.79 Å².